The van der Waals surface area contributed by atoms with Gasteiger partial charge in [0.15, 0.2) is 0 Å². The van der Waals surface area contributed by atoms with Gasteiger partial charge in [0.25, 0.3) is 0 Å². The molecule has 0 radical (unpaired) electrons. The number of para-hydroxylation sites is 1. The van der Waals surface area contributed by atoms with Crippen LogP contribution in [0.4, 0.5) is 0 Å². The molecule has 1 aromatic carbocycles. The standard InChI is InChI=1S/C14H16N2O/c1-16-7-6-11(9-16)8-15-13-10-17-14-5-3-2-4-12(13)14/h2-7,9,13,15H,8,10H2,1H3. The van der Waals surface area contributed by atoms with Crippen LogP contribution in [0.25, 0.3) is 0 Å². The molecule has 1 N–H and O–H groups in total. The Morgan fingerprint density at radius 2 is 2.24 bits per heavy atom. The molecular formula is C14H16N2O. The molecule has 0 saturated carbocycles. The first-order valence-corrected chi connectivity index (χ1v) is 5.89. The van der Waals surface area contributed by atoms with Gasteiger partial charge in [0.2, 0.25) is 0 Å². The third-order valence-electron chi connectivity index (χ3n) is 3.15. The van der Waals surface area contributed by atoms with Crippen molar-refractivity contribution < 1.29 is 4.74 Å². The van der Waals surface area contributed by atoms with E-state index >= 15 is 0 Å². The number of aryl methyl sites for hydroxylation is 1. The molecule has 1 aliphatic heterocycles. The lowest BCUT2D eigenvalue weighted by Crippen LogP contribution is -2.21. The average molecular weight is 228 g/mol. The zero-order valence-corrected chi connectivity index (χ0v) is 9.89. The van der Waals surface area contributed by atoms with Crippen LogP contribution in [0.5, 0.6) is 5.75 Å². The molecule has 1 aromatic heterocycles. The largest absolute Gasteiger partial charge is 0.491 e. The van der Waals surface area contributed by atoms with Gasteiger partial charge in [-0.25, -0.2) is 0 Å². The van der Waals surface area contributed by atoms with Crippen molar-refractivity contribution in [2.75, 3.05) is 6.61 Å². The van der Waals surface area contributed by atoms with Crippen LogP contribution < -0.4 is 10.1 Å². The van der Waals surface area contributed by atoms with Gasteiger partial charge in [0.05, 0.1) is 6.04 Å². The van der Waals surface area contributed by atoms with E-state index in [0.29, 0.717) is 6.04 Å². The highest BCUT2D eigenvalue weighted by atomic mass is 16.5. The highest BCUT2D eigenvalue weighted by Crippen LogP contribution is 2.31. The van der Waals surface area contributed by atoms with E-state index in [-0.39, 0.29) is 0 Å². The van der Waals surface area contributed by atoms with E-state index in [2.05, 4.69) is 40.5 Å². The van der Waals surface area contributed by atoms with Crippen molar-refractivity contribution in [3.05, 3.63) is 53.9 Å². The summed E-state index contributed by atoms with van der Waals surface area (Å²) in [5.41, 5.74) is 2.57. The first-order valence-electron chi connectivity index (χ1n) is 5.89. The van der Waals surface area contributed by atoms with Gasteiger partial charge < -0.3 is 14.6 Å². The van der Waals surface area contributed by atoms with Crippen molar-refractivity contribution in [2.24, 2.45) is 7.05 Å². The van der Waals surface area contributed by atoms with E-state index in [4.69, 9.17) is 4.74 Å². The minimum absolute atomic E-state index is 0.311. The summed E-state index contributed by atoms with van der Waals surface area (Å²) in [6.45, 7) is 1.61. The summed E-state index contributed by atoms with van der Waals surface area (Å²) in [6.07, 6.45) is 4.20. The summed E-state index contributed by atoms with van der Waals surface area (Å²) >= 11 is 0. The summed E-state index contributed by atoms with van der Waals surface area (Å²) in [5.74, 6) is 1.01. The maximum Gasteiger partial charge on any atom is 0.124 e. The van der Waals surface area contributed by atoms with Gasteiger partial charge in [0, 0.05) is 31.5 Å². The molecule has 2 heterocycles. The second-order valence-electron chi connectivity index (χ2n) is 4.47. The van der Waals surface area contributed by atoms with E-state index in [1.165, 1.54) is 11.1 Å². The van der Waals surface area contributed by atoms with Crippen LogP contribution in [0.2, 0.25) is 0 Å². The van der Waals surface area contributed by atoms with Crippen LogP contribution in [-0.4, -0.2) is 11.2 Å². The van der Waals surface area contributed by atoms with Crippen LogP contribution in [-0.2, 0) is 13.6 Å². The quantitative estimate of drug-likeness (QED) is 0.872. The van der Waals surface area contributed by atoms with E-state index in [9.17, 15) is 0 Å². The van der Waals surface area contributed by atoms with Crippen molar-refractivity contribution in [1.82, 2.24) is 9.88 Å². The number of rotatable bonds is 3. The number of hydrogen-bond acceptors (Lipinski definition) is 2. The van der Waals surface area contributed by atoms with Crippen LogP contribution in [0.15, 0.2) is 42.7 Å². The molecule has 1 unspecified atom stereocenters. The lowest BCUT2D eigenvalue weighted by atomic mass is 10.1. The zero-order valence-electron chi connectivity index (χ0n) is 9.89. The smallest absolute Gasteiger partial charge is 0.124 e. The van der Waals surface area contributed by atoms with Crippen LogP contribution >= 0.6 is 0 Å². The number of fused-ring (bicyclic) bond motifs is 1. The first kappa shape index (κ1) is 10.4. The lowest BCUT2D eigenvalue weighted by molar-refractivity contribution is 0.310. The Morgan fingerprint density at radius 1 is 1.35 bits per heavy atom. The van der Waals surface area contributed by atoms with Crippen LogP contribution in [0, 0.1) is 0 Å². The average Bonchev–Trinajstić information content (AvgIpc) is 2.93. The van der Waals surface area contributed by atoms with Gasteiger partial charge in [-0.15, -0.1) is 0 Å². The summed E-state index contributed by atoms with van der Waals surface area (Å²) in [4.78, 5) is 0. The van der Waals surface area contributed by atoms with Crippen molar-refractivity contribution in [3.63, 3.8) is 0 Å². The number of nitrogens with zero attached hydrogens (tertiary/aromatic N) is 1. The number of benzene rings is 1. The molecule has 2 aromatic rings. The van der Waals surface area contributed by atoms with E-state index in [1.807, 2.05) is 19.2 Å². The molecule has 17 heavy (non-hydrogen) atoms. The van der Waals surface area contributed by atoms with E-state index in [0.717, 1.165) is 18.9 Å². The summed E-state index contributed by atoms with van der Waals surface area (Å²) < 4.78 is 7.70. The summed E-state index contributed by atoms with van der Waals surface area (Å²) in [5, 5.41) is 3.53. The topological polar surface area (TPSA) is 26.2 Å². The van der Waals surface area contributed by atoms with Crippen LogP contribution in [0.1, 0.15) is 17.2 Å². The van der Waals surface area contributed by atoms with Crippen LogP contribution in [0.3, 0.4) is 0 Å². The highest BCUT2D eigenvalue weighted by Gasteiger charge is 2.22. The van der Waals surface area contributed by atoms with Crippen molar-refractivity contribution in [1.29, 1.82) is 0 Å². The number of hydrogen-bond donors (Lipinski definition) is 1. The number of aromatic nitrogens is 1. The maximum absolute atomic E-state index is 5.64. The molecule has 3 nitrogen and oxygen atoms in total. The SMILES string of the molecule is Cn1ccc(CNC2COc3ccccc32)c1. The Balaban J connectivity index is 1.68. The zero-order chi connectivity index (χ0) is 11.7. The lowest BCUT2D eigenvalue weighted by Gasteiger charge is -2.10. The molecule has 0 spiro atoms. The normalized spacial score (nSPS) is 17.8. The van der Waals surface area contributed by atoms with E-state index < -0.39 is 0 Å². The maximum atomic E-state index is 5.64. The molecule has 0 saturated heterocycles. The Hall–Kier alpha value is -1.74. The van der Waals surface area contributed by atoms with Crippen molar-refractivity contribution in [2.45, 2.75) is 12.6 Å². The fourth-order valence-corrected chi connectivity index (χ4v) is 2.24. The Labute approximate surface area is 101 Å². The molecule has 1 aliphatic rings. The Kier molecular flexibility index (Phi) is 2.61. The molecule has 3 rings (SSSR count). The Bertz CT molecular complexity index is 518. The molecular weight excluding hydrogens is 212 g/mol. The summed E-state index contributed by atoms with van der Waals surface area (Å²) in [7, 11) is 2.04. The Morgan fingerprint density at radius 3 is 3.06 bits per heavy atom. The second-order valence-corrected chi connectivity index (χ2v) is 4.47. The third kappa shape index (κ3) is 2.06. The van der Waals surface area contributed by atoms with Gasteiger partial charge in [-0.2, -0.15) is 0 Å². The van der Waals surface area contributed by atoms with Crippen molar-refractivity contribution in [3.8, 4) is 5.75 Å². The number of ether oxygens (including phenoxy) is 1. The van der Waals surface area contributed by atoms with Gasteiger partial charge in [-0.05, 0) is 17.7 Å². The highest BCUT2D eigenvalue weighted by molar-refractivity contribution is 5.39. The monoisotopic (exact) mass is 228 g/mol. The molecule has 1 atom stereocenters. The molecule has 0 fully saturated rings. The minimum atomic E-state index is 0.311. The molecule has 0 amide bonds. The fourth-order valence-electron chi connectivity index (χ4n) is 2.24. The van der Waals surface area contributed by atoms with Gasteiger partial charge in [-0.3, -0.25) is 0 Å². The van der Waals surface area contributed by atoms with Gasteiger partial charge in [-0.1, -0.05) is 18.2 Å². The third-order valence-corrected chi connectivity index (χ3v) is 3.15. The fraction of sp³-hybridized carbons (Fsp3) is 0.286. The molecule has 88 valence electrons. The van der Waals surface area contributed by atoms with Gasteiger partial charge >= 0.3 is 0 Å². The molecule has 0 aliphatic carbocycles. The molecule has 0 bridgehead atoms. The van der Waals surface area contributed by atoms with E-state index in [1.54, 1.807) is 0 Å². The van der Waals surface area contributed by atoms with Gasteiger partial charge in [0.1, 0.15) is 12.4 Å². The molecule has 3 heteroatoms. The first-order chi connectivity index (χ1) is 8.33. The van der Waals surface area contributed by atoms with Crippen molar-refractivity contribution >= 4 is 0 Å². The predicted octanol–water partition coefficient (Wildman–Crippen LogP) is 2.25. The predicted molar refractivity (Wildman–Crippen MR) is 66.9 cm³/mol. The summed E-state index contributed by atoms with van der Waals surface area (Å²) in [6, 6.07) is 10.7. The second kappa shape index (κ2) is 4.26. The minimum Gasteiger partial charge on any atom is -0.491 e. The number of nitrogens with one attached hydrogen (secondary N) is 1.